The lowest BCUT2D eigenvalue weighted by atomic mass is 9.96. The summed E-state index contributed by atoms with van der Waals surface area (Å²) in [6.45, 7) is 0. The van der Waals surface area contributed by atoms with Crippen LogP contribution in [0, 0.1) is 5.82 Å². The van der Waals surface area contributed by atoms with E-state index in [0.29, 0.717) is 16.4 Å². The first-order valence-electron chi connectivity index (χ1n) is 5.55. The second kappa shape index (κ2) is 6.29. The molecule has 1 aromatic carbocycles. The zero-order valence-electron chi connectivity index (χ0n) is 10.2. The van der Waals surface area contributed by atoms with Crippen molar-refractivity contribution in [3.8, 4) is 0 Å². The minimum atomic E-state index is -0.542. The Bertz CT molecular complexity index is 592. The number of hydrogen-bond acceptors (Lipinski definition) is 5. The second-order valence-electron chi connectivity index (χ2n) is 3.73. The molecule has 2 rings (SSSR count). The number of rotatable bonds is 4. The molecule has 1 atom stereocenters. The Morgan fingerprint density at radius 2 is 2.16 bits per heavy atom. The van der Waals surface area contributed by atoms with Gasteiger partial charge in [-0.05, 0) is 18.4 Å². The maximum absolute atomic E-state index is 13.8. The Morgan fingerprint density at radius 1 is 1.37 bits per heavy atom. The van der Waals surface area contributed by atoms with Crippen molar-refractivity contribution in [1.29, 1.82) is 0 Å². The third-order valence-electron chi connectivity index (χ3n) is 2.61. The summed E-state index contributed by atoms with van der Waals surface area (Å²) in [5.74, 6) is -0.906. The molecule has 0 saturated heterocycles. The monoisotopic (exact) mass is 277 g/mol. The number of nitrogens with zero attached hydrogens (tertiary/aromatic N) is 3. The van der Waals surface area contributed by atoms with E-state index in [0.717, 1.165) is 0 Å². The SMILES string of the molecule is CSc1nccc(C(/C=N\O)c2ccccc2F)n1. The summed E-state index contributed by atoms with van der Waals surface area (Å²) in [7, 11) is 0. The van der Waals surface area contributed by atoms with Gasteiger partial charge >= 0.3 is 0 Å². The third kappa shape index (κ3) is 3.08. The molecule has 0 aliphatic rings. The molecule has 2 aromatic rings. The summed E-state index contributed by atoms with van der Waals surface area (Å²) in [4.78, 5) is 8.38. The molecule has 1 heterocycles. The van der Waals surface area contributed by atoms with Gasteiger partial charge in [0.1, 0.15) is 5.82 Å². The van der Waals surface area contributed by atoms with Crippen molar-refractivity contribution in [2.24, 2.45) is 5.16 Å². The summed E-state index contributed by atoms with van der Waals surface area (Å²) in [6, 6.07) is 8.03. The summed E-state index contributed by atoms with van der Waals surface area (Å²) in [6.07, 6.45) is 4.72. The Hall–Kier alpha value is -1.95. The van der Waals surface area contributed by atoms with Crippen LogP contribution < -0.4 is 0 Å². The van der Waals surface area contributed by atoms with Crippen molar-refractivity contribution in [2.45, 2.75) is 11.1 Å². The Labute approximate surface area is 114 Å². The fraction of sp³-hybridized carbons (Fsp3) is 0.154. The molecule has 0 aliphatic carbocycles. The van der Waals surface area contributed by atoms with Gasteiger partial charge < -0.3 is 5.21 Å². The van der Waals surface area contributed by atoms with Crippen LogP contribution in [0.5, 0.6) is 0 Å². The van der Waals surface area contributed by atoms with Crippen molar-refractivity contribution >= 4 is 18.0 Å². The number of thioether (sulfide) groups is 1. The zero-order chi connectivity index (χ0) is 13.7. The number of oxime groups is 1. The maximum atomic E-state index is 13.8. The van der Waals surface area contributed by atoms with Gasteiger partial charge in [-0.2, -0.15) is 0 Å². The minimum Gasteiger partial charge on any atom is -0.411 e. The Morgan fingerprint density at radius 3 is 2.84 bits per heavy atom. The predicted octanol–water partition coefficient (Wildman–Crippen LogP) is 2.93. The largest absolute Gasteiger partial charge is 0.411 e. The lowest BCUT2D eigenvalue weighted by molar-refractivity contribution is 0.320. The molecule has 6 heteroatoms. The number of aromatic nitrogens is 2. The van der Waals surface area contributed by atoms with Crippen LogP contribution in [0.25, 0.3) is 0 Å². The maximum Gasteiger partial charge on any atom is 0.187 e. The van der Waals surface area contributed by atoms with Crippen molar-refractivity contribution in [2.75, 3.05) is 6.26 Å². The molecule has 4 nitrogen and oxygen atoms in total. The van der Waals surface area contributed by atoms with E-state index in [4.69, 9.17) is 5.21 Å². The van der Waals surface area contributed by atoms with Gasteiger partial charge in [0, 0.05) is 11.8 Å². The van der Waals surface area contributed by atoms with Gasteiger partial charge in [0.2, 0.25) is 0 Å². The van der Waals surface area contributed by atoms with E-state index in [1.54, 1.807) is 30.5 Å². The molecule has 19 heavy (non-hydrogen) atoms. The second-order valence-corrected chi connectivity index (χ2v) is 4.51. The van der Waals surface area contributed by atoms with Crippen LogP contribution in [-0.2, 0) is 0 Å². The molecular formula is C13H12FN3OS. The molecule has 0 amide bonds. The van der Waals surface area contributed by atoms with Crippen molar-refractivity contribution < 1.29 is 9.60 Å². The van der Waals surface area contributed by atoms with Crippen LogP contribution in [0.4, 0.5) is 4.39 Å². The molecule has 0 fully saturated rings. The van der Waals surface area contributed by atoms with E-state index in [2.05, 4.69) is 15.1 Å². The fourth-order valence-electron chi connectivity index (χ4n) is 1.74. The molecule has 1 N–H and O–H groups in total. The van der Waals surface area contributed by atoms with Crippen LogP contribution in [-0.4, -0.2) is 27.6 Å². The first kappa shape index (κ1) is 13.5. The minimum absolute atomic E-state index is 0.364. The number of benzene rings is 1. The van der Waals surface area contributed by atoms with E-state index in [9.17, 15) is 4.39 Å². The quantitative estimate of drug-likeness (QED) is 0.307. The number of hydrogen-bond donors (Lipinski definition) is 1. The zero-order valence-corrected chi connectivity index (χ0v) is 11.0. The van der Waals surface area contributed by atoms with E-state index in [-0.39, 0.29) is 5.82 Å². The summed E-state index contributed by atoms with van der Waals surface area (Å²) in [5, 5.41) is 12.4. The topological polar surface area (TPSA) is 58.4 Å². The fourth-order valence-corrected chi connectivity index (χ4v) is 2.10. The first-order valence-corrected chi connectivity index (χ1v) is 6.77. The average Bonchev–Trinajstić information content (AvgIpc) is 2.46. The lowest BCUT2D eigenvalue weighted by Crippen LogP contribution is -2.08. The molecule has 1 unspecified atom stereocenters. The van der Waals surface area contributed by atoms with Gasteiger partial charge in [-0.1, -0.05) is 30.0 Å². The van der Waals surface area contributed by atoms with Gasteiger partial charge in [-0.15, -0.1) is 5.16 Å². The number of halogens is 1. The van der Waals surface area contributed by atoms with E-state index in [1.807, 2.05) is 6.26 Å². The summed E-state index contributed by atoms with van der Waals surface area (Å²) >= 11 is 1.39. The summed E-state index contributed by atoms with van der Waals surface area (Å²) < 4.78 is 13.8. The molecular weight excluding hydrogens is 265 g/mol. The Kier molecular flexibility index (Phi) is 4.46. The van der Waals surface area contributed by atoms with Crippen LogP contribution in [0.2, 0.25) is 0 Å². The third-order valence-corrected chi connectivity index (χ3v) is 3.17. The van der Waals surface area contributed by atoms with Gasteiger partial charge in [0.15, 0.2) is 5.16 Å². The first-order chi connectivity index (χ1) is 9.26. The van der Waals surface area contributed by atoms with Gasteiger partial charge in [-0.3, -0.25) is 0 Å². The molecule has 0 bridgehead atoms. The molecule has 0 radical (unpaired) electrons. The predicted molar refractivity (Wildman–Crippen MR) is 72.3 cm³/mol. The highest BCUT2D eigenvalue weighted by Gasteiger charge is 2.18. The molecule has 0 saturated carbocycles. The normalized spacial score (nSPS) is 12.7. The highest BCUT2D eigenvalue weighted by atomic mass is 32.2. The van der Waals surface area contributed by atoms with E-state index >= 15 is 0 Å². The average molecular weight is 277 g/mol. The van der Waals surface area contributed by atoms with Crippen molar-refractivity contribution in [1.82, 2.24) is 9.97 Å². The van der Waals surface area contributed by atoms with Crippen LogP contribution in [0.1, 0.15) is 17.2 Å². The van der Waals surface area contributed by atoms with E-state index < -0.39 is 5.92 Å². The van der Waals surface area contributed by atoms with Crippen LogP contribution >= 0.6 is 11.8 Å². The van der Waals surface area contributed by atoms with E-state index in [1.165, 1.54) is 24.0 Å². The molecule has 0 aliphatic heterocycles. The van der Waals surface area contributed by atoms with Gasteiger partial charge in [-0.25, -0.2) is 14.4 Å². The van der Waals surface area contributed by atoms with Crippen molar-refractivity contribution in [3.05, 3.63) is 53.6 Å². The van der Waals surface area contributed by atoms with Gasteiger partial charge in [0.25, 0.3) is 0 Å². The molecule has 98 valence electrons. The highest BCUT2D eigenvalue weighted by molar-refractivity contribution is 7.98. The van der Waals surface area contributed by atoms with Gasteiger partial charge in [0.05, 0.1) is 17.8 Å². The standard InChI is InChI=1S/C13H12FN3OS/c1-19-13-15-7-6-12(17-13)10(8-16-18)9-4-2-3-5-11(9)14/h2-8,10,18H,1H3/b16-8-. The lowest BCUT2D eigenvalue weighted by Gasteiger charge is -2.12. The Balaban J connectivity index is 2.48. The van der Waals surface area contributed by atoms with Crippen molar-refractivity contribution in [3.63, 3.8) is 0 Å². The summed E-state index contributed by atoms with van der Waals surface area (Å²) in [5.41, 5.74) is 0.994. The highest BCUT2D eigenvalue weighted by Crippen LogP contribution is 2.24. The van der Waals surface area contributed by atoms with Crippen LogP contribution in [0.15, 0.2) is 46.8 Å². The molecule has 1 aromatic heterocycles. The van der Waals surface area contributed by atoms with Crippen LogP contribution in [0.3, 0.4) is 0 Å². The smallest absolute Gasteiger partial charge is 0.187 e. The molecule has 0 spiro atoms.